The molecule has 1 atom stereocenters. The lowest BCUT2D eigenvalue weighted by Gasteiger charge is -2.33. The van der Waals surface area contributed by atoms with Crippen molar-refractivity contribution in [2.24, 2.45) is 11.7 Å². The molecule has 1 aliphatic heterocycles. The molecule has 0 spiro atoms. The standard InChI is InChI=1S/C16H26N2O2/c1-19-12-13-6-8-18(9-7-13)11-16(17)14-4-3-5-15(10-14)20-2/h3-5,10,13,16H,6-9,11-12,17H2,1-2H3. The van der Waals surface area contributed by atoms with Crippen molar-refractivity contribution in [2.45, 2.75) is 18.9 Å². The topological polar surface area (TPSA) is 47.7 Å². The third-order valence-corrected chi connectivity index (χ3v) is 4.09. The molecule has 0 radical (unpaired) electrons. The Hall–Kier alpha value is -1.10. The van der Waals surface area contributed by atoms with Gasteiger partial charge in [0.2, 0.25) is 0 Å². The van der Waals surface area contributed by atoms with Crippen LogP contribution >= 0.6 is 0 Å². The smallest absolute Gasteiger partial charge is 0.119 e. The van der Waals surface area contributed by atoms with E-state index < -0.39 is 0 Å². The van der Waals surface area contributed by atoms with Crippen molar-refractivity contribution in [1.82, 2.24) is 4.90 Å². The predicted octanol–water partition coefficient (Wildman–Crippen LogP) is 2.05. The van der Waals surface area contributed by atoms with Crippen molar-refractivity contribution in [3.05, 3.63) is 29.8 Å². The zero-order chi connectivity index (χ0) is 14.4. The van der Waals surface area contributed by atoms with E-state index in [1.54, 1.807) is 14.2 Å². The lowest BCUT2D eigenvalue weighted by Crippen LogP contribution is -2.39. The maximum Gasteiger partial charge on any atom is 0.119 e. The largest absolute Gasteiger partial charge is 0.497 e. The molecule has 2 rings (SSSR count). The lowest BCUT2D eigenvalue weighted by atomic mass is 9.97. The first-order chi connectivity index (χ1) is 9.72. The molecule has 1 unspecified atom stereocenters. The maximum absolute atomic E-state index is 6.32. The first-order valence-corrected chi connectivity index (χ1v) is 7.33. The van der Waals surface area contributed by atoms with Gasteiger partial charge in [-0.25, -0.2) is 0 Å². The zero-order valence-electron chi connectivity index (χ0n) is 12.5. The Labute approximate surface area is 121 Å². The van der Waals surface area contributed by atoms with E-state index in [2.05, 4.69) is 11.0 Å². The fourth-order valence-corrected chi connectivity index (χ4v) is 2.83. The summed E-state index contributed by atoms with van der Waals surface area (Å²) in [5.74, 6) is 1.58. The molecule has 1 fully saturated rings. The fraction of sp³-hybridized carbons (Fsp3) is 0.625. The van der Waals surface area contributed by atoms with Crippen LogP contribution in [0.25, 0.3) is 0 Å². The van der Waals surface area contributed by atoms with Crippen LogP contribution in [0.5, 0.6) is 5.75 Å². The Morgan fingerprint density at radius 3 is 2.70 bits per heavy atom. The third-order valence-electron chi connectivity index (χ3n) is 4.09. The van der Waals surface area contributed by atoms with Gasteiger partial charge in [-0.1, -0.05) is 12.1 Å². The molecule has 0 aliphatic carbocycles. The van der Waals surface area contributed by atoms with Gasteiger partial charge in [0, 0.05) is 26.3 Å². The van der Waals surface area contributed by atoms with Crippen LogP contribution in [0.15, 0.2) is 24.3 Å². The SMILES string of the molecule is COCC1CCN(CC(N)c2cccc(OC)c2)CC1. The minimum absolute atomic E-state index is 0.0454. The predicted molar refractivity (Wildman–Crippen MR) is 81.0 cm³/mol. The van der Waals surface area contributed by atoms with Crippen molar-refractivity contribution in [3.8, 4) is 5.75 Å². The summed E-state index contributed by atoms with van der Waals surface area (Å²) in [5.41, 5.74) is 7.46. The number of hydrogen-bond acceptors (Lipinski definition) is 4. The second-order valence-corrected chi connectivity index (χ2v) is 5.58. The maximum atomic E-state index is 6.32. The van der Waals surface area contributed by atoms with Crippen molar-refractivity contribution in [3.63, 3.8) is 0 Å². The highest BCUT2D eigenvalue weighted by Crippen LogP contribution is 2.22. The van der Waals surface area contributed by atoms with E-state index >= 15 is 0 Å². The number of benzene rings is 1. The van der Waals surface area contributed by atoms with Gasteiger partial charge >= 0.3 is 0 Å². The van der Waals surface area contributed by atoms with E-state index in [1.807, 2.05) is 18.2 Å². The highest BCUT2D eigenvalue weighted by Gasteiger charge is 2.21. The van der Waals surface area contributed by atoms with E-state index in [0.717, 1.165) is 37.6 Å². The van der Waals surface area contributed by atoms with Crippen LogP contribution in [0, 0.1) is 5.92 Å². The summed E-state index contributed by atoms with van der Waals surface area (Å²) in [4.78, 5) is 2.45. The van der Waals surface area contributed by atoms with Crippen LogP contribution in [0.2, 0.25) is 0 Å². The molecule has 1 aliphatic rings. The van der Waals surface area contributed by atoms with E-state index in [4.69, 9.17) is 15.2 Å². The molecule has 4 nitrogen and oxygen atoms in total. The normalized spacial score (nSPS) is 18.9. The molecular weight excluding hydrogens is 252 g/mol. The number of rotatable bonds is 6. The average Bonchev–Trinajstić information content (AvgIpc) is 2.49. The number of nitrogens with two attached hydrogens (primary N) is 1. The van der Waals surface area contributed by atoms with Gasteiger partial charge in [0.1, 0.15) is 5.75 Å². The zero-order valence-corrected chi connectivity index (χ0v) is 12.5. The molecule has 4 heteroatoms. The molecule has 0 saturated carbocycles. The van der Waals surface area contributed by atoms with Crippen molar-refractivity contribution in [1.29, 1.82) is 0 Å². The molecule has 1 heterocycles. The van der Waals surface area contributed by atoms with Crippen LogP contribution in [-0.2, 0) is 4.74 Å². The van der Waals surface area contributed by atoms with Crippen LogP contribution in [0.4, 0.5) is 0 Å². The molecule has 0 aromatic heterocycles. The van der Waals surface area contributed by atoms with E-state index in [0.29, 0.717) is 5.92 Å². The highest BCUT2D eigenvalue weighted by atomic mass is 16.5. The summed E-state index contributed by atoms with van der Waals surface area (Å²) in [7, 11) is 3.47. The average molecular weight is 278 g/mol. The summed E-state index contributed by atoms with van der Waals surface area (Å²) < 4.78 is 10.5. The molecule has 1 saturated heterocycles. The summed E-state index contributed by atoms with van der Waals surface area (Å²) in [6.07, 6.45) is 2.41. The number of piperidine rings is 1. The minimum Gasteiger partial charge on any atom is -0.497 e. The van der Waals surface area contributed by atoms with Crippen LogP contribution in [0.3, 0.4) is 0 Å². The van der Waals surface area contributed by atoms with Gasteiger partial charge in [0.15, 0.2) is 0 Å². The molecule has 20 heavy (non-hydrogen) atoms. The van der Waals surface area contributed by atoms with Crippen LogP contribution < -0.4 is 10.5 Å². The Morgan fingerprint density at radius 1 is 1.30 bits per heavy atom. The summed E-state index contributed by atoms with van der Waals surface area (Å²) in [6.45, 7) is 4.03. The highest BCUT2D eigenvalue weighted by molar-refractivity contribution is 5.30. The molecule has 0 amide bonds. The van der Waals surface area contributed by atoms with Crippen molar-refractivity contribution in [2.75, 3.05) is 40.5 Å². The monoisotopic (exact) mass is 278 g/mol. The second-order valence-electron chi connectivity index (χ2n) is 5.58. The first kappa shape index (κ1) is 15.3. The quantitative estimate of drug-likeness (QED) is 0.865. The number of ether oxygens (including phenoxy) is 2. The third kappa shape index (κ3) is 4.20. The minimum atomic E-state index is 0.0454. The number of nitrogens with zero attached hydrogens (tertiary/aromatic N) is 1. The van der Waals surface area contributed by atoms with Gasteiger partial charge in [-0.05, 0) is 49.5 Å². The van der Waals surface area contributed by atoms with Gasteiger partial charge in [0.05, 0.1) is 7.11 Å². The summed E-state index contributed by atoms with van der Waals surface area (Å²) >= 11 is 0. The number of hydrogen-bond donors (Lipinski definition) is 1. The Kier molecular flexibility index (Phi) is 5.83. The molecule has 112 valence electrons. The number of likely N-dealkylation sites (tertiary alicyclic amines) is 1. The fourth-order valence-electron chi connectivity index (χ4n) is 2.83. The lowest BCUT2D eigenvalue weighted by molar-refractivity contribution is 0.0971. The van der Waals surface area contributed by atoms with E-state index in [-0.39, 0.29) is 6.04 Å². The second kappa shape index (κ2) is 7.62. The Morgan fingerprint density at radius 2 is 2.05 bits per heavy atom. The van der Waals surface area contributed by atoms with Crippen LogP contribution in [0.1, 0.15) is 24.4 Å². The molecule has 0 bridgehead atoms. The first-order valence-electron chi connectivity index (χ1n) is 7.33. The van der Waals surface area contributed by atoms with Crippen LogP contribution in [-0.4, -0.2) is 45.4 Å². The molecule has 1 aromatic carbocycles. The Bertz CT molecular complexity index is 403. The molecule has 1 aromatic rings. The number of methoxy groups -OCH3 is 2. The molecular formula is C16H26N2O2. The summed E-state index contributed by atoms with van der Waals surface area (Å²) in [5, 5.41) is 0. The van der Waals surface area contributed by atoms with Crippen molar-refractivity contribution < 1.29 is 9.47 Å². The van der Waals surface area contributed by atoms with Gasteiger partial charge in [-0.3, -0.25) is 0 Å². The van der Waals surface area contributed by atoms with Gasteiger partial charge < -0.3 is 20.1 Å². The molecule has 2 N–H and O–H groups in total. The van der Waals surface area contributed by atoms with E-state index in [9.17, 15) is 0 Å². The van der Waals surface area contributed by atoms with Gasteiger partial charge in [-0.15, -0.1) is 0 Å². The van der Waals surface area contributed by atoms with Crippen molar-refractivity contribution >= 4 is 0 Å². The van der Waals surface area contributed by atoms with E-state index in [1.165, 1.54) is 12.8 Å². The summed E-state index contributed by atoms with van der Waals surface area (Å²) in [6, 6.07) is 8.10. The Balaban J connectivity index is 1.84. The van der Waals surface area contributed by atoms with Gasteiger partial charge in [-0.2, -0.15) is 0 Å². The van der Waals surface area contributed by atoms with Gasteiger partial charge in [0.25, 0.3) is 0 Å².